The highest BCUT2D eigenvalue weighted by Gasteiger charge is 2.60. The number of rotatable bonds is 2. The number of carbonyl (C=O) groups is 1. The zero-order chi connectivity index (χ0) is 8.48. The van der Waals surface area contributed by atoms with Crippen LogP contribution in [0, 0.1) is 12.5 Å². The van der Waals surface area contributed by atoms with Crippen molar-refractivity contribution < 1.29 is 9.53 Å². The maximum absolute atomic E-state index is 10.9. The normalized spacial score (nSPS) is 34.1. The van der Waals surface area contributed by atoms with Crippen molar-refractivity contribution in [3.63, 3.8) is 0 Å². The molecule has 0 aromatic carbocycles. The van der Waals surface area contributed by atoms with Crippen molar-refractivity contribution in [2.24, 2.45) is 11.7 Å². The van der Waals surface area contributed by atoms with Gasteiger partial charge in [0.25, 0.3) is 0 Å². The summed E-state index contributed by atoms with van der Waals surface area (Å²) in [4.78, 5) is 14.1. The van der Waals surface area contributed by atoms with Gasteiger partial charge in [0.15, 0.2) is 0 Å². The third kappa shape index (κ3) is 1.19. The number of carbonyl (C=O) groups excluding carboxylic acids is 1. The van der Waals surface area contributed by atoms with E-state index in [-0.39, 0.29) is 5.92 Å². The van der Waals surface area contributed by atoms with Crippen LogP contribution in [0.2, 0.25) is 0 Å². The lowest BCUT2D eigenvalue weighted by molar-refractivity contribution is -0.143. The maximum Gasteiger partial charge on any atom is 0.326 e. The lowest BCUT2D eigenvalue weighted by Crippen LogP contribution is -2.36. The third-order valence-electron chi connectivity index (χ3n) is 2.03. The molecule has 0 bridgehead atoms. The first-order valence-electron chi connectivity index (χ1n) is 3.35. The van der Waals surface area contributed by atoms with E-state index in [4.69, 9.17) is 12.3 Å². The molecule has 0 aliphatic heterocycles. The van der Waals surface area contributed by atoms with Crippen LogP contribution in [0.15, 0.2) is 0 Å². The summed E-state index contributed by atoms with van der Waals surface area (Å²) in [7, 11) is 1.31. The molecular weight excluding hydrogens is 144 g/mol. The molecule has 1 aliphatic rings. The number of nitrogens with zero attached hydrogens (tertiary/aromatic N) is 1. The lowest BCUT2D eigenvalue weighted by atomic mass is 10.2. The van der Waals surface area contributed by atoms with Gasteiger partial charge in [-0.2, -0.15) is 0 Å². The van der Waals surface area contributed by atoms with Crippen LogP contribution in [0.1, 0.15) is 6.42 Å². The molecule has 0 heterocycles. The zero-order valence-corrected chi connectivity index (χ0v) is 6.33. The predicted molar refractivity (Wildman–Crippen MR) is 38.5 cm³/mol. The van der Waals surface area contributed by atoms with Crippen LogP contribution in [0.25, 0.3) is 4.85 Å². The molecule has 1 unspecified atom stereocenters. The summed E-state index contributed by atoms with van der Waals surface area (Å²) in [6, 6.07) is 0. The molecule has 0 spiro atoms. The minimum absolute atomic E-state index is 0.00690. The van der Waals surface area contributed by atoms with Crippen molar-refractivity contribution in [2.45, 2.75) is 12.0 Å². The van der Waals surface area contributed by atoms with Crippen LogP contribution < -0.4 is 5.73 Å². The summed E-state index contributed by atoms with van der Waals surface area (Å²) < 4.78 is 4.49. The Morgan fingerprint density at radius 2 is 2.64 bits per heavy atom. The fraction of sp³-hybridized carbons (Fsp3) is 0.714. The summed E-state index contributed by atoms with van der Waals surface area (Å²) >= 11 is 0. The average molecular weight is 154 g/mol. The van der Waals surface area contributed by atoms with Gasteiger partial charge in [0.1, 0.15) is 5.54 Å². The van der Waals surface area contributed by atoms with Gasteiger partial charge < -0.3 is 15.3 Å². The molecule has 4 heteroatoms. The van der Waals surface area contributed by atoms with Gasteiger partial charge in [-0.1, -0.05) is 0 Å². The molecule has 11 heavy (non-hydrogen) atoms. The molecule has 0 saturated heterocycles. The zero-order valence-electron chi connectivity index (χ0n) is 6.33. The van der Waals surface area contributed by atoms with E-state index in [1.54, 1.807) is 0 Å². The highest BCUT2D eigenvalue weighted by atomic mass is 16.5. The Balaban J connectivity index is 2.50. The summed E-state index contributed by atoms with van der Waals surface area (Å²) in [5, 5.41) is 0. The van der Waals surface area contributed by atoms with E-state index in [2.05, 4.69) is 9.58 Å². The summed E-state index contributed by atoms with van der Waals surface area (Å²) in [6.07, 6.45) is 0.585. The quantitative estimate of drug-likeness (QED) is 0.442. The smallest absolute Gasteiger partial charge is 0.326 e. The van der Waals surface area contributed by atoms with Crippen molar-refractivity contribution in [1.29, 1.82) is 0 Å². The number of esters is 1. The van der Waals surface area contributed by atoms with Crippen LogP contribution in [-0.2, 0) is 9.53 Å². The van der Waals surface area contributed by atoms with Crippen LogP contribution in [0.3, 0.4) is 0 Å². The van der Waals surface area contributed by atoms with Gasteiger partial charge in [0.05, 0.1) is 13.0 Å². The van der Waals surface area contributed by atoms with Crippen LogP contribution in [-0.4, -0.2) is 25.2 Å². The van der Waals surface area contributed by atoms with E-state index < -0.39 is 11.5 Å². The minimum atomic E-state index is -0.848. The summed E-state index contributed by atoms with van der Waals surface area (Å²) in [6.45, 7) is 6.89. The second kappa shape index (κ2) is 2.51. The first kappa shape index (κ1) is 8.02. The number of methoxy groups -OCH3 is 1. The number of hydrogen-bond donors (Lipinski definition) is 1. The monoisotopic (exact) mass is 154 g/mol. The van der Waals surface area contributed by atoms with Gasteiger partial charge in [-0.15, -0.1) is 0 Å². The number of hydrogen-bond acceptors (Lipinski definition) is 3. The molecule has 0 radical (unpaired) electrons. The highest BCUT2D eigenvalue weighted by Crippen LogP contribution is 2.41. The molecule has 1 rings (SSSR count). The predicted octanol–water partition coefficient (Wildman–Crippen LogP) is -0.204. The largest absolute Gasteiger partial charge is 0.468 e. The SMILES string of the molecule is [C-]#[N+]C[C@@H]1CC1(N)C(=O)OC. The molecule has 4 nitrogen and oxygen atoms in total. The highest BCUT2D eigenvalue weighted by molar-refractivity contribution is 5.84. The first-order chi connectivity index (χ1) is 5.15. The van der Waals surface area contributed by atoms with Gasteiger partial charge in [-0.3, -0.25) is 4.79 Å². The van der Waals surface area contributed by atoms with Gasteiger partial charge in [-0.25, -0.2) is 6.57 Å². The van der Waals surface area contributed by atoms with E-state index in [9.17, 15) is 4.79 Å². The van der Waals surface area contributed by atoms with Gasteiger partial charge in [0, 0.05) is 0 Å². The minimum Gasteiger partial charge on any atom is -0.468 e. The Morgan fingerprint density at radius 1 is 2.00 bits per heavy atom. The molecule has 2 atom stereocenters. The van der Waals surface area contributed by atoms with E-state index in [1.165, 1.54) is 7.11 Å². The van der Waals surface area contributed by atoms with Gasteiger partial charge >= 0.3 is 5.97 Å². The molecule has 2 N–H and O–H groups in total. The number of ether oxygens (including phenoxy) is 1. The Hall–Kier alpha value is -1.08. The molecule has 0 aromatic heterocycles. The van der Waals surface area contributed by atoms with Crippen LogP contribution in [0.5, 0.6) is 0 Å². The lowest BCUT2D eigenvalue weighted by Gasteiger charge is -2.04. The molecule has 60 valence electrons. The van der Waals surface area contributed by atoms with E-state index >= 15 is 0 Å². The molecule has 1 saturated carbocycles. The summed E-state index contributed by atoms with van der Waals surface area (Å²) in [5.41, 5.74) is 4.77. The molecule has 1 fully saturated rings. The van der Waals surface area contributed by atoms with Crippen molar-refractivity contribution in [2.75, 3.05) is 13.7 Å². The van der Waals surface area contributed by atoms with E-state index in [0.717, 1.165) is 0 Å². The Labute approximate surface area is 65.1 Å². The van der Waals surface area contributed by atoms with Crippen molar-refractivity contribution in [3.8, 4) is 0 Å². The second-order valence-electron chi connectivity index (χ2n) is 2.77. The molecule has 1 aliphatic carbocycles. The fourth-order valence-electron chi connectivity index (χ4n) is 1.13. The standard InChI is InChI=1S/C7H10N2O2/c1-9-4-5-3-7(5,8)6(10)11-2/h5H,3-4,8H2,2H3/t5-,7?/m0/s1. The van der Waals surface area contributed by atoms with Crippen LogP contribution >= 0.6 is 0 Å². The third-order valence-corrected chi connectivity index (χ3v) is 2.03. The Kier molecular flexibility index (Phi) is 1.83. The average Bonchev–Trinajstić information content (AvgIpc) is 2.63. The molecule has 0 aromatic rings. The van der Waals surface area contributed by atoms with Crippen molar-refractivity contribution >= 4 is 5.97 Å². The Morgan fingerprint density at radius 3 is 3.09 bits per heavy atom. The maximum atomic E-state index is 10.9. The van der Waals surface area contributed by atoms with Crippen molar-refractivity contribution in [3.05, 3.63) is 11.4 Å². The topological polar surface area (TPSA) is 56.7 Å². The Bertz CT molecular complexity index is 221. The van der Waals surface area contributed by atoms with Crippen LogP contribution in [0.4, 0.5) is 0 Å². The van der Waals surface area contributed by atoms with E-state index in [1.807, 2.05) is 0 Å². The van der Waals surface area contributed by atoms with Gasteiger partial charge in [-0.05, 0) is 6.42 Å². The molecular formula is C7H10N2O2. The summed E-state index contributed by atoms with van der Waals surface area (Å²) in [5.74, 6) is -0.390. The second-order valence-corrected chi connectivity index (χ2v) is 2.77. The van der Waals surface area contributed by atoms with Crippen molar-refractivity contribution in [1.82, 2.24) is 0 Å². The fourth-order valence-corrected chi connectivity index (χ4v) is 1.13. The number of nitrogens with two attached hydrogens (primary N) is 1. The first-order valence-corrected chi connectivity index (χ1v) is 3.35. The van der Waals surface area contributed by atoms with E-state index in [0.29, 0.717) is 13.0 Å². The molecule has 0 amide bonds. The van der Waals surface area contributed by atoms with Gasteiger partial charge in [0.2, 0.25) is 6.54 Å².